The Morgan fingerprint density at radius 1 is 1.27 bits per heavy atom. The average molecular weight is 448 g/mol. The number of nitrogens with zero attached hydrogens (tertiary/aromatic N) is 2. The van der Waals surface area contributed by atoms with E-state index in [4.69, 9.17) is 0 Å². The minimum atomic E-state index is -3.34. The molecule has 30 heavy (non-hydrogen) atoms. The monoisotopic (exact) mass is 447 g/mol. The second-order valence-electron chi connectivity index (χ2n) is 7.25. The lowest BCUT2D eigenvalue weighted by Crippen LogP contribution is -2.28. The number of carbonyl (C=O) groups excluding carboxylic acids is 2. The van der Waals surface area contributed by atoms with Crippen molar-refractivity contribution in [1.82, 2.24) is 4.98 Å². The third-order valence-electron chi connectivity index (χ3n) is 4.98. The van der Waals surface area contributed by atoms with Crippen LogP contribution in [0.25, 0.3) is 10.2 Å². The van der Waals surface area contributed by atoms with Crippen LogP contribution < -0.4 is 10.2 Å². The van der Waals surface area contributed by atoms with Gasteiger partial charge in [-0.1, -0.05) is 17.4 Å². The van der Waals surface area contributed by atoms with Crippen LogP contribution in [0.4, 0.5) is 15.2 Å². The van der Waals surface area contributed by atoms with Crippen molar-refractivity contribution in [2.45, 2.75) is 18.2 Å². The molecule has 0 bridgehead atoms. The number of hydrogen-bond donors (Lipinski definition) is 1. The van der Waals surface area contributed by atoms with Gasteiger partial charge in [-0.25, -0.2) is 17.8 Å². The van der Waals surface area contributed by atoms with Gasteiger partial charge in [0.15, 0.2) is 15.0 Å². The number of nitrogens with one attached hydrogen (secondary N) is 1. The highest BCUT2D eigenvalue weighted by molar-refractivity contribution is 7.90. The summed E-state index contributed by atoms with van der Waals surface area (Å²) in [5.74, 6) is -1.61. The minimum absolute atomic E-state index is 0.0183. The van der Waals surface area contributed by atoms with Crippen LogP contribution in [0.1, 0.15) is 12.0 Å². The van der Waals surface area contributed by atoms with E-state index in [9.17, 15) is 22.4 Å². The van der Waals surface area contributed by atoms with Gasteiger partial charge in [0.1, 0.15) is 5.82 Å². The molecular weight excluding hydrogens is 429 g/mol. The van der Waals surface area contributed by atoms with Crippen molar-refractivity contribution in [2.24, 2.45) is 5.92 Å². The van der Waals surface area contributed by atoms with E-state index in [1.165, 1.54) is 23.1 Å². The lowest BCUT2D eigenvalue weighted by atomic mass is 10.1. The van der Waals surface area contributed by atoms with Gasteiger partial charge in [0.05, 0.1) is 21.0 Å². The molecule has 10 heteroatoms. The maximum absolute atomic E-state index is 13.8. The summed E-state index contributed by atoms with van der Waals surface area (Å²) in [4.78, 5) is 30.9. The second-order valence-corrected chi connectivity index (χ2v) is 10.3. The van der Waals surface area contributed by atoms with E-state index in [0.29, 0.717) is 26.6 Å². The van der Waals surface area contributed by atoms with Crippen molar-refractivity contribution in [3.8, 4) is 0 Å². The first kappa shape index (κ1) is 20.4. The standard InChI is InChI=1S/C20H18FN3O4S2/c1-11-3-4-13(8-15(11)21)24-10-12(7-18(24)25)19(26)23-20-22-16-6-5-14(30(2,27)28)9-17(16)29-20/h3-6,8-9,12H,7,10H2,1-2H3,(H,22,23,26). The molecular formula is C20H18FN3O4S2. The van der Waals surface area contributed by atoms with Crippen molar-refractivity contribution in [2.75, 3.05) is 23.0 Å². The number of hydrogen-bond acceptors (Lipinski definition) is 6. The van der Waals surface area contributed by atoms with Crippen LogP contribution >= 0.6 is 11.3 Å². The van der Waals surface area contributed by atoms with Crippen LogP contribution in [0.3, 0.4) is 0 Å². The molecule has 2 amide bonds. The van der Waals surface area contributed by atoms with Gasteiger partial charge in [-0.15, -0.1) is 0 Å². The molecule has 2 aromatic carbocycles. The quantitative estimate of drug-likeness (QED) is 0.663. The van der Waals surface area contributed by atoms with Gasteiger partial charge >= 0.3 is 0 Å². The number of fused-ring (bicyclic) bond motifs is 1. The Bertz CT molecular complexity index is 1290. The fraction of sp³-hybridized carbons (Fsp3) is 0.250. The first-order chi connectivity index (χ1) is 14.1. The molecule has 1 atom stereocenters. The molecule has 1 aliphatic heterocycles. The highest BCUT2D eigenvalue weighted by Gasteiger charge is 2.35. The maximum atomic E-state index is 13.8. The summed E-state index contributed by atoms with van der Waals surface area (Å²) in [6.07, 6.45) is 1.14. The van der Waals surface area contributed by atoms with E-state index < -0.39 is 21.6 Å². The molecule has 1 aliphatic rings. The van der Waals surface area contributed by atoms with Gasteiger partial charge in [0.25, 0.3) is 0 Å². The summed E-state index contributed by atoms with van der Waals surface area (Å²) in [7, 11) is -3.34. The predicted molar refractivity (Wildman–Crippen MR) is 113 cm³/mol. The van der Waals surface area contributed by atoms with E-state index >= 15 is 0 Å². The summed E-state index contributed by atoms with van der Waals surface area (Å²) in [6.45, 7) is 1.79. The third kappa shape index (κ3) is 3.92. The molecule has 2 heterocycles. The number of halogens is 1. The lowest BCUT2D eigenvalue weighted by Gasteiger charge is -2.17. The number of benzene rings is 2. The Hall–Kier alpha value is -2.85. The molecule has 7 nitrogen and oxygen atoms in total. The highest BCUT2D eigenvalue weighted by Crippen LogP contribution is 2.30. The van der Waals surface area contributed by atoms with E-state index in [1.54, 1.807) is 25.1 Å². The van der Waals surface area contributed by atoms with E-state index in [1.807, 2.05) is 0 Å². The smallest absolute Gasteiger partial charge is 0.231 e. The number of anilines is 2. The van der Waals surface area contributed by atoms with Crippen LogP contribution in [0.15, 0.2) is 41.3 Å². The molecule has 1 fully saturated rings. The fourth-order valence-corrected chi connectivity index (χ4v) is 4.91. The van der Waals surface area contributed by atoms with Crippen molar-refractivity contribution < 1.29 is 22.4 Å². The number of carbonyl (C=O) groups is 2. The topological polar surface area (TPSA) is 96.4 Å². The molecule has 1 aromatic heterocycles. The molecule has 0 radical (unpaired) electrons. The van der Waals surface area contributed by atoms with Crippen LogP contribution in [0.5, 0.6) is 0 Å². The van der Waals surface area contributed by atoms with Crippen LogP contribution in [0, 0.1) is 18.7 Å². The van der Waals surface area contributed by atoms with Gasteiger partial charge in [0.2, 0.25) is 11.8 Å². The Labute approximate surface area is 176 Å². The molecule has 0 saturated carbocycles. The summed E-state index contributed by atoms with van der Waals surface area (Å²) in [6, 6.07) is 9.12. The normalized spacial score (nSPS) is 17.0. The second kappa shape index (κ2) is 7.44. The highest BCUT2D eigenvalue weighted by atomic mass is 32.2. The van der Waals surface area contributed by atoms with Crippen LogP contribution in [-0.4, -0.2) is 38.0 Å². The molecule has 1 N–H and O–H groups in total. The Morgan fingerprint density at radius 3 is 2.73 bits per heavy atom. The third-order valence-corrected chi connectivity index (χ3v) is 7.02. The zero-order valence-electron chi connectivity index (χ0n) is 16.2. The van der Waals surface area contributed by atoms with E-state index in [-0.39, 0.29) is 29.7 Å². The van der Waals surface area contributed by atoms with Crippen molar-refractivity contribution >= 4 is 54.0 Å². The van der Waals surface area contributed by atoms with Crippen LogP contribution in [0.2, 0.25) is 0 Å². The van der Waals surface area contributed by atoms with Gasteiger partial charge < -0.3 is 10.2 Å². The van der Waals surface area contributed by atoms with Gasteiger partial charge in [-0.05, 0) is 42.8 Å². The SMILES string of the molecule is Cc1ccc(N2CC(C(=O)Nc3nc4ccc(S(C)(=O)=O)cc4s3)CC2=O)cc1F. The van der Waals surface area contributed by atoms with Crippen LogP contribution in [-0.2, 0) is 19.4 Å². The number of aryl methyl sites for hydroxylation is 1. The molecule has 4 rings (SSSR count). The number of thiazole rings is 1. The Balaban J connectivity index is 1.50. The van der Waals surface area contributed by atoms with Crippen molar-refractivity contribution in [1.29, 1.82) is 0 Å². The first-order valence-electron chi connectivity index (χ1n) is 9.10. The van der Waals surface area contributed by atoms with E-state index in [0.717, 1.165) is 17.6 Å². The van der Waals surface area contributed by atoms with Gasteiger partial charge in [-0.3, -0.25) is 9.59 Å². The van der Waals surface area contributed by atoms with E-state index in [2.05, 4.69) is 10.3 Å². The summed E-state index contributed by atoms with van der Waals surface area (Å²) >= 11 is 1.16. The first-order valence-corrected chi connectivity index (χ1v) is 11.8. The molecule has 156 valence electrons. The summed E-state index contributed by atoms with van der Waals surface area (Å²) in [5, 5.41) is 3.04. The van der Waals surface area contributed by atoms with Crippen molar-refractivity contribution in [3.63, 3.8) is 0 Å². The fourth-order valence-electron chi connectivity index (χ4n) is 3.28. The largest absolute Gasteiger partial charge is 0.311 e. The number of rotatable bonds is 4. The van der Waals surface area contributed by atoms with Gasteiger partial charge in [0, 0.05) is 24.9 Å². The molecule has 1 saturated heterocycles. The minimum Gasteiger partial charge on any atom is -0.311 e. The maximum Gasteiger partial charge on any atom is 0.231 e. The molecule has 3 aromatic rings. The van der Waals surface area contributed by atoms with Crippen molar-refractivity contribution in [3.05, 3.63) is 47.8 Å². The van der Waals surface area contributed by atoms with Gasteiger partial charge in [-0.2, -0.15) is 0 Å². The number of amides is 2. The predicted octanol–water partition coefficient (Wildman–Crippen LogP) is 3.14. The Morgan fingerprint density at radius 2 is 2.03 bits per heavy atom. The lowest BCUT2D eigenvalue weighted by molar-refractivity contribution is -0.122. The zero-order chi connectivity index (χ0) is 21.6. The number of sulfone groups is 1. The number of aromatic nitrogens is 1. The zero-order valence-corrected chi connectivity index (χ0v) is 17.8. The molecule has 0 aliphatic carbocycles. The average Bonchev–Trinajstić information content (AvgIpc) is 3.25. The molecule has 0 spiro atoms. The Kier molecular flexibility index (Phi) is 5.07. The molecule has 1 unspecified atom stereocenters. The summed E-state index contributed by atoms with van der Waals surface area (Å²) in [5.41, 5.74) is 1.48. The summed E-state index contributed by atoms with van der Waals surface area (Å²) < 4.78 is 37.9.